The predicted molar refractivity (Wildman–Crippen MR) is 123 cm³/mol. The van der Waals surface area contributed by atoms with Crippen LogP contribution in [0.1, 0.15) is 40.3 Å². The first-order valence-corrected chi connectivity index (χ1v) is 11.9. The molecule has 0 saturated carbocycles. The largest absolute Gasteiger partial charge is 0.347 e. The number of rotatable bonds is 9. The second-order valence-electron chi connectivity index (χ2n) is 7.85. The second kappa shape index (κ2) is 10.1. The number of nitrogens with one attached hydrogen (secondary N) is 2. The molecule has 1 amide bonds. The highest BCUT2D eigenvalue weighted by Crippen LogP contribution is 2.25. The highest BCUT2D eigenvalue weighted by atomic mass is 32.2. The zero-order valence-electron chi connectivity index (χ0n) is 18.8. The topological polar surface area (TPSA) is 106 Å². The van der Waals surface area contributed by atoms with E-state index in [0.29, 0.717) is 11.4 Å². The molecule has 0 bridgehead atoms. The number of hydrogen-bond donors (Lipinski definition) is 2. The number of amides is 1. The molecule has 1 unspecified atom stereocenters. The maximum Gasteiger partial charge on any atom is 0.241 e. The van der Waals surface area contributed by atoms with Crippen LogP contribution < -0.4 is 10.0 Å². The molecule has 0 saturated heterocycles. The predicted octanol–water partition coefficient (Wildman–Crippen LogP) is 2.74. The fraction of sp³-hybridized carbons (Fsp3) is 0.348. The Kier molecular flexibility index (Phi) is 7.42. The molecule has 0 fully saturated rings. The molecule has 3 aromatic rings. The highest BCUT2D eigenvalue weighted by Gasteiger charge is 2.22. The van der Waals surface area contributed by atoms with E-state index in [4.69, 9.17) is 0 Å². The number of sulfonamides is 1. The third kappa shape index (κ3) is 5.60. The first kappa shape index (κ1) is 23.6. The second-order valence-corrected chi connectivity index (χ2v) is 9.56. The normalized spacial score (nSPS) is 12.5. The molecule has 9 heteroatoms. The van der Waals surface area contributed by atoms with Crippen LogP contribution in [0.3, 0.4) is 0 Å². The third-order valence-electron chi connectivity index (χ3n) is 5.56. The summed E-state index contributed by atoms with van der Waals surface area (Å²) in [4.78, 5) is 14.4. The average molecular weight is 456 g/mol. The Morgan fingerprint density at radius 1 is 1.00 bits per heavy atom. The molecule has 1 atom stereocenters. The van der Waals surface area contributed by atoms with Gasteiger partial charge >= 0.3 is 0 Å². The van der Waals surface area contributed by atoms with E-state index < -0.39 is 10.0 Å². The molecule has 0 spiro atoms. The fourth-order valence-electron chi connectivity index (χ4n) is 3.64. The summed E-state index contributed by atoms with van der Waals surface area (Å²) in [7, 11) is -3.74. The summed E-state index contributed by atoms with van der Waals surface area (Å²) in [5.74, 6) is -0.262. The van der Waals surface area contributed by atoms with Crippen molar-refractivity contribution < 1.29 is 13.2 Å². The minimum atomic E-state index is -3.74. The van der Waals surface area contributed by atoms with Crippen LogP contribution in [0.25, 0.3) is 0 Å². The average Bonchev–Trinajstić information content (AvgIpc) is 3.25. The smallest absolute Gasteiger partial charge is 0.241 e. The standard InChI is InChI=1S/C23H29N5O3S/c1-16-14-17(2)19(4)23(18(16)3)32(30,31)26-11-10-22(29)27-21(15-28-24-12-13-25-28)20-8-6-5-7-9-20/h5-9,12-14,21,26H,10-11,15H2,1-4H3,(H,27,29). The van der Waals surface area contributed by atoms with Crippen LogP contribution in [0.2, 0.25) is 0 Å². The number of benzene rings is 2. The maximum atomic E-state index is 13.0. The summed E-state index contributed by atoms with van der Waals surface area (Å²) in [5, 5.41) is 11.2. The lowest BCUT2D eigenvalue weighted by Gasteiger charge is -2.19. The molecule has 0 aliphatic heterocycles. The third-order valence-corrected chi connectivity index (χ3v) is 7.29. The SMILES string of the molecule is Cc1cc(C)c(C)c(S(=O)(=O)NCCC(=O)NC(Cn2nccn2)c2ccccc2)c1C. The van der Waals surface area contributed by atoms with Crippen molar-refractivity contribution in [3.63, 3.8) is 0 Å². The highest BCUT2D eigenvalue weighted by molar-refractivity contribution is 7.89. The summed E-state index contributed by atoms with van der Waals surface area (Å²) >= 11 is 0. The van der Waals surface area contributed by atoms with Crippen LogP contribution in [0.5, 0.6) is 0 Å². The number of carbonyl (C=O) groups excluding carboxylic acids is 1. The Balaban J connectivity index is 1.66. The van der Waals surface area contributed by atoms with Crippen LogP contribution in [0, 0.1) is 27.7 Å². The number of hydrogen-bond acceptors (Lipinski definition) is 5. The van der Waals surface area contributed by atoms with E-state index in [9.17, 15) is 13.2 Å². The number of aryl methyl sites for hydroxylation is 2. The van der Waals surface area contributed by atoms with E-state index >= 15 is 0 Å². The summed E-state index contributed by atoms with van der Waals surface area (Å²) in [6.45, 7) is 7.77. The van der Waals surface area contributed by atoms with Crippen molar-refractivity contribution in [2.75, 3.05) is 6.54 Å². The molecular formula is C23H29N5O3S. The molecule has 0 radical (unpaired) electrons. The molecule has 0 aliphatic rings. The van der Waals surface area contributed by atoms with Gasteiger partial charge < -0.3 is 5.32 Å². The lowest BCUT2D eigenvalue weighted by Crippen LogP contribution is -2.35. The molecule has 1 aromatic heterocycles. The molecule has 170 valence electrons. The molecule has 2 aromatic carbocycles. The Morgan fingerprint density at radius 3 is 2.19 bits per heavy atom. The Hall–Kier alpha value is -3.04. The van der Waals surface area contributed by atoms with Crippen molar-refractivity contribution in [1.82, 2.24) is 25.0 Å². The van der Waals surface area contributed by atoms with E-state index in [1.807, 2.05) is 50.2 Å². The molecule has 32 heavy (non-hydrogen) atoms. The van der Waals surface area contributed by atoms with Crippen LogP contribution in [0.15, 0.2) is 53.7 Å². The van der Waals surface area contributed by atoms with Crippen molar-refractivity contribution in [3.8, 4) is 0 Å². The van der Waals surface area contributed by atoms with Crippen molar-refractivity contribution in [1.29, 1.82) is 0 Å². The van der Waals surface area contributed by atoms with Crippen LogP contribution in [0.4, 0.5) is 0 Å². The fourth-order valence-corrected chi connectivity index (χ4v) is 5.29. The van der Waals surface area contributed by atoms with Gasteiger partial charge in [0.1, 0.15) is 0 Å². The van der Waals surface area contributed by atoms with Gasteiger partial charge in [-0.05, 0) is 55.5 Å². The van der Waals surface area contributed by atoms with Crippen LogP contribution in [-0.2, 0) is 21.4 Å². The maximum absolute atomic E-state index is 13.0. The van der Waals surface area contributed by atoms with Crippen molar-refractivity contribution in [3.05, 3.63) is 76.6 Å². The monoisotopic (exact) mass is 455 g/mol. The van der Waals surface area contributed by atoms with E-state index in [-0.39, 0.29) is 24.9 Å². The Morgan fingerprint density at radius 2 is 1.59 bits per heavy atom. The first-order valence-electron chi connectivity index (χ1n) is 10.4. The summed E-state index contributed by atoms with van der Waals surface area (Å²) < 4.78 is 28.5. The number of nitrogens with zero attached hydrogens (tertiary/aromatic N) is 3. The minimum absolute atomic E-state index is 0.00155. The van der Waals surface area contributed by atoms with E-state index in [0.717, 1.165) is 27.8 Å². The van der Waals surface area contributed by atoms with E-state index in [1.54, 1.807) is 26.2 Å². The number of aromatic nitrogens is 3. The summed E-state index contributed by atoms with van der Waals surface area (Å²) in [5.41, 5.74) is 4.20. The van der Waals surface area contributed by atoms with Gasteiger partial charge in [0.15, 0.2) is 0 Å². The van der Waals surface area contributed by atoms with Gasteiger partial charge in [-0.1, -0.05) is 36.4 Å². The zero-order valence-corrected chi connectivity index (χ0v) is 19.6. The first-order chi connectivity index (χ1) is 15.2. The molecule has 8 nitrogen and oxygen atoms in total. The van der Waals surface area contributed by atoms with E-state index in [2.05, 4.69) is 20.2 Å². The zero-order chi connectivity index (χ0) is 23.3. The molecule has 2 N–H and O–H groups in total. The van der Waals surface area contributed by atoms with Gasteiger partial charge in [0.2, 0.25) is 15.9 Å². The van der Waals surface area contributed by atoms with Crippen molar-refractivity contribution in [2.24, 2.45) is 0 Å². The number of carbonyl (C=O) groups is 1. The van der Waals surface area contributed by atoms with Crippen LogP contribution >= 0.6 is 0 Å². The van der Waals surface area contributed by atoms with Gasteiger partial charge in [-0.15, -0.1) is 0 Å². The van der Waals surface area contributed by atoms with Gasteiger partial charge in [-0.25, -0.2) is 13.1 Å². The molecule has 3 rings (SSSR count). The van der Waals surface area contributed by atoms with E-state index in [1.165, 1.54) is 4.80 Å². The summed E-state index contributed by atoms with van der Waals surface area (Å²) in [6.07, 6.45) is 3.17. The molecular weight excluding hydrogens is 426 g/mol. The molecule has 1 heterocycles. The summed E-state index contributed by atoms with van der Waals surface area (Å²) in [6, 6.07) is 11.2. The van der Waals surface area contributed by atoms with Crippen LogP contribution in [-0.4, -0.2) is 35.9 Å². The Labute approximate surface area is 189 Å². The van der Waals surface area contributed by atoms with Gasteiger partial charge in [-0.2, -0.15) is 15.0 Å². The van der Waals surface area contributed by atoms with Gasteiger partial charge in [0.25, 0.3) is 0 Å². The molecule has 0 aliphatic carbocycles. The van der Waals surface area contributed by atoms with Gasteiger partial charge in [0.05, 0.1) is 29.9 Å². The van der Waals surface area contributed by atoms with Gasteiger partial charge in [-0.3, -0.25) is 4.79 Å². The van der Waals surface area contributed by atoms with Crippen molar-refractivity contribution in [2.45, 2.75) is 51.6 Å². The minimum Gasteiger partial charge on any atom is -0.347 e. The lowest BCUT2D eigenvalue weighted by atomic mass is 10.0. The quantitative estimate of drug-likeness (QED) is 0.516. The Bertz CT molecular complexity index is 1150. The van der Waals surface area contributed by atoms with Gasteiger partial charge in [0, 0.05) is 13.0 Å². The van der Waals surface area contributed by atoms with Crippen molar-refractivity contribution >= 4 is 15.9 Å². The lowest BCUT2D eigenvalue weighted by molar-refractivity contribution is -0.121.